The molecule has 2 fully saturated rings. The van der Waals surface area contributed by atoms with E-state index in [4.69, 9.17) is 5.73 Å². The molecule has 0 aromatic carbocycles. The van der Waals surface area contributed by atoms with Crippen LogP contribution in [0, 0.1) is 17.8 Å². The molecule has 3 unspecified atom stereocenters. The molecule has 2 rings (SSSR count). The van der Waals surface area contributed by atoms with Gasteiger partial charge in [0.2, 0.25) is 11.8 Å². The number of fused-ring (bicyclic) bond motifs is 1. The fourth-order valence-electron chi connectivity index (χ4n) is 3.56. The lowest BCUT2D eigenvalue weighted by atomic mass is 10.00. The molecule has 1 saturated heterocycles. The highest BCUT2D eigenvalue weighted by atomic mass is 16.2. The molecule has 18 heavy (non-hydrogen) atoms. The van der Waals surface area contributed by atoms with E-state index < -0.39 is 0 Å². The number of likely N-dealkylation sites (tertiary alicyclic amines) is 1. The van der Waals surface area contributed by atoms with Crippen molar-refractivity contribution >= 4 is 11.8 Å². The predicted octanol–water partition coefficient (Wildman–Crippen LogP) is 1.54. The summed E-state index contributed by atoms with van der Waals surface area (Å²) < 4.78 is 0. The maximum Gasteiger partial charge on any atom is 0.233 e. The van der Waals surface area contributed by atoms with Gasteiger partial charge in [-0.3, -0.25) is 14.5 Å². The second-order valence-corrected chi connectivity index (χ2v) is 5.64. The van der Waals surface area contributed by atoms with Gasteiger partial charge in [0.25, 0.3) is 0 Å². The normalized spacial score (nSPS) is 33.1. The Balaban J connectivity index is 2.13. The lowest BCUT2D eigenvalue weighted by molar-refractivity contribution is -0.143. The summed E-state index contributed by atoms with van der Waals surface area (Å²) >= 11 is 0. The van der Waals surface area contributed by atoms with Crippen molar-refractivity contribution in [3.63, 3.8) is 0 Å². The van der Waals surface area contributed by atoms with Gasteiger partial charge in [-0.05, 0) is 38.1 Å². The molecule has 2 amide bonds. The SMILES string of the molecule is CCC1CC2C(=O)N(C(CC)CCN)C(=O)C2C1. The molecule has 1 heterocycles. The highest BCUT2D eigenvalue weighted by Gasteiger charge is 2.53. The predicted molar refractivity (Wildman–Crippen MR) is 69.6 cm³/mol. The minimum Gasteiger partial charge on any atom is -0.330 e. The second-order valence-electron chi connectivity index (χ2n) is 5.64. The average molecular weight is 252 g/mol. The maximum absolute atomic E-state index is 12.4. The van der Waals surface area contributed by atoms with Crippen molar-refractivity contribution < 1.29 is 9.59 Å². The molecule has 3 atom stereocenters. The van der Waals surface area contributed by atoms with E-state index in [2.05, 4.69) is 6.92 Å². The fourth-order valence-corrected chi connectivity index (χ4v) is 3.56. The maximum atomic E-state index is 12.4. The summed E-state index contributed by atoms with van der Waals surface area (Å²) in [6.07, 6.45) is 4.42. The van der Waals surface area contributed by atoms with E-state index in [0.29, 0.717) is 12.5 Å². The highest BCUT2D eigenvalue weighted by Crippen LogP contribution is 2.45. The van der Waals surface area contributed by atoms with Crippen molar-refractivity contribution in [3.8, 4) is 0 Å². The molecule has 1 aliphatic heterocycles. The van der Waals surface area contributed by atoms with Crippen LogP contribution in [0.3, 0.4) is 0 Å². The molecule has 0 aromatic rings. The van der Waals surface area contributed by atoms with Gasteiger partial charge in [-0.15, -0.1) is 0 Å². The molecule has 102 valence electrons. The van der Waals surface area contributed by atoms with Gasteiger partial charge in [0.15, 0.2) is 0 Å². The van der Waals surface area contributed by atoms with Crippen LogP contribution in [0.2, 0.25) is 0 Å². The van der Waals surface area contributed by atoms with E-state index in [0.717, 1.165) is 32.1 Å². The summed E-state index contributed by atoms with van der Waals surface area (Å²) in [5, 5.41) is 0. The molecular formula is C14H24N2O2. The summed E-state index contributed by atoms with van der Waals surface area (Å²) in [5.41, 5.74) is 5.57. The lowest BCUT2D eigenvalue weighted by Crippen LogP contribution is -2.42. The Morgan fingerprint density at radius 2 is 1.78 bits per heavy atom. The number of nitrogens with zero attached hydrogens (tertiary/aromatic N) is 1. The van der Waals surface area contributed by atoms with E-state index in [-0.39, 0.29) is 29.7 Å². The fraction of sp³-hybridized carbons (Fsp3) is 0.857. The first kappa shape index (κ1) is 13.5. The highest BCUT2D eigenvalue weighted by molar-refractivity contribution is 6.05. The Bertz CT molecular complexity index is 319. The summed E-state index contributed by atoms with van der Waals surface area (Å²) in [5.74, 6) is 0.635. The van der Waals surface area contributed by atoms with Gasteiger partial charge in [-0.2, -0.15) is 0 Å². The van der Waals surface area contributed by atoms with E-state index in [9.17, 15) is 9.59 Å². The molecular weight excluding hydrogens is 228 g/mol. The molecule has 2 N–H and O–H groups in total. The van der Waals surface area contributed by atoms with E-state index in [1.54, 1.807) is 0 Å². The molecule has 0 radical (unpaired) electrons. The van der Waals surface area contributed by atoms with Crippen LogP contribution < -0.4 is 5.73 Å². The van der Waals surface area contributed by atoms with Crippen LogP contribution >= 0.6 is 0 Å². The minimum absolute atomic E-state index is 0.0145. The van der Waals surface area contributed by atoms with Crippen molar-refractivity contribution in [3.05, 3.63) is 0 Å². The Morgan fingerprint density at radius 3 is 2.17 bits per heavy atom. The molecule has 0 bridgehead atoms. The molecule has 0 aromatic heterocycles. The van der Waals surface area contributed by atoms with Gasteiger partial charge in [-0.25, -0.2) is 0 Å². The number of hydrogen-bond acceptors (Lipinski definition) is 3. The van der Waals surface area contributed by atoms with Crippen molar-refractivity contribution in [2.45, 2.75) is 52.0 Å². The van der Waals surface area contributed by atoms with E-state index >= 15 is 0 Å². The van der Waals surface area contributed by atoms with Crippen LogP contribution in [0.25, 0.3) is 0 Å². The van der Waals surface area contributed by atoms with Crippen LogP contribution in [-0.4, -0.2) is 29.3 Å². The third kappa shape index (κ3) is 2.07. The van der Waals surface area contributed by atoms with Crippen molar-refractivity contribution in [2.24, 2.45) is 23.5 Å². The van der Waals surface area contributed by atoms with Crippen LogP contribution in [-0.2, 0) is 9.59 Å². The van der Waals surface area contributed by atoms with Gasteiger partial charge >= 0.3 is 0 Å². The quantitative estimate of drug-likeness (QED) is 0.755. The first-order chi connectivity index (χ1) is 8.63. The Morgan fingerprint density at radius 1 is 1.22 bits per heavy atom. The minimum atomic E-state index is -0.0331. The number of rotatable bonds is 5. The van der Waals surface area contributed by atoms with Gasteiger partial charge < -0.3 is 5.73 Å². The van der Waals surface area contributed by atoms with Crippen LogP contribution in [0.5, 0.6) is 0 Å². The standard InChI is InChI=1S/C14H24N2O2/c1-3-9-7-11-12(8-9)14(18)16(13(11)17)10(4-2)5-6-15/h9-12H,3-8,15H2,1-2H3. The largest absolute Gasteiger partial charge is 0.330 e. The van der Waals surface area contributed by atoms with Crippen molar-refractivity contribution in [2.75, 3.05) is 6.54 Å². The number of carbonyl (C=O) groups is 2. The van der Waals surface area contributed by atoms with E-state index in [1.807, 2.05) is 6.92 Å². The number of hydrogen-bond donors (Lipinski definition) is 1. The van der Waals surface area contributed by atoms with Crippen LogP contribution in [0.4, 0.5) is 0 Å². The Hall–Kier alpha value is -0.900. The zero-order valence-corrected chi connectivity index (χ0v) is 11.4. The number of nitrogens with two attached hydrogens (primary N) is 1. The third-order valence-electron chi connectivity index (χ3n) is 4.68. The summed E-state index contributed by atoms with van der Waals surface area (Å²) in [6.45, 7) is 4.69. The first-order valence-corrected chi connectivity index (χ1v) is 7.20. The Labute approximate surface area is 109 Å². The molecule has 2 aliphatic rings. The summed E-state index contributed by atoms with van der Waals surface area (Å²) in [7, 11) is 0. The van der Waals surface area contributed by atoms with E-state index in [1.165, 1.54) is 4.90 Å². The van der Waals surface area contributed by atoms with Crippen molar-refractivity contribution in [1.82, 2.24) is 4.90 Å². The smallest absolute Gasteiger partial charge is 0.233 e. The number of amides is 2. The lowest BCUT2D eigenvalue weighted by Gasteiger charge is -2.26. The molecule has 1 aliphatic carbocycles. The molecule has 0 spiro atoms. The topological polar surface area (TPSA) is 63.4 Å². The molecule has 4 nitrogen and oxygen atoms in total. The van der Waals surface area contributed by atoms with Crippen molar-refractivity contribution in [1.29, 1.82) is 0 Å². The van der Waals surface area contributed by atoms with Gasteiger partial charge in [0.05, 0.1) is 11.8 Å². The zero-order chi connectivity index (χ0) is 13.3. The first-order valence-electron chi connectivity index (χ1n) is 7.20. The summed E-state index contributed by atoms with van der Waals surface area (Å²) in [4.78, 5) is 26.3. The second kappa shape index (κ2) is 5.39. The van der Waals surface area contributed by atoms with Gasteiger partial charge in [0, 0.05) is 6.04 Å². The van der Waals surface area contributed by atoms with Crippen LogP contribution in [0.1, 0.15) is 46.0 Å². The third-order valence-corrected chi connectivity index (χ3v) is 4.68. The van der Waals surface area contributed by atoms with Gasteiger partial charge in [-0.1, -0.05) is 20.3 Å². The van der Waals surface area contributed by atoms with Crippen LogP contribution in [0.15, 0.2) is 0 Å². The Kier molecular flexibility index (Phi) is 4.05. The molecule has 1 saturated carbocycles. The monoisotopic (exact) mass is 252 g/mol. The number of carbonyl (C=O) groups excluding carboxylic acids is 2. The average Bonchev–Trinajstić information content (AvgIpc) is 2.89. The zero-order valence-electron chi connectivity index (χ0n) is 11.4. The summed E-state index contributed by atoms with van der Waals surface area (Å²) in [6, 6.07) is 0.0145. The molecule has 4 heteroatoms. The number of imide groups is 1. The van der Waals surface area contributed by atoms with Gasteiger partial charge in [0.1, 0.15) is 0 Å².